The maximum atomic E-state index is 12.1. The van der Waals surface area contributed by atoms with Gasteiger partial charge in [-0.15, -0.1) is 0 Å². The van der Waals surface area contributed by atoms with E-state index in [2.05, 4.69) is 13.4 Å². The number of aromatic nitrogens is 1. The molecule has 0 radical (unpaired) electrons. The van der Waals surface area contributed by atoms with Gasteiger partial charge in [-0.1, -0.05) is 0 Å². The molecule has 18 heteroatoms. The molecule has 198 valence electrons. The molecular weight excluding hydrogens is 518 g/mol. The number of primary amides is 1. The Balaban J connectivity index is 1.55. The number of aliphatic hydroxyl groups excluding tert-OH is 4. The van der Waals surface area contributed by atoms with E-state index in [0.29, 0.717) is 0 Å². The number of carbonyl (C=O) groups excluding carboxylic acids is 1. The molecule has 2 aliphatic heterocycles. The number of carbonyl (C=O) groups is 1. The van der Waals surface area contributed by atoms with E-state index in [1.54, 1.807) is 0 Å². The first-order valence-electron chi connectivity index (χ1n) is 10.2. The molecule has 35 heavy (non-hydrogen) atoms. The summed E-state index contributed by atoms with van der Waals surface area (Å²) < 4.78 is 49.3. The summed E-state index contributed by atoms with van der Waals surface area (Å²) in [5.41, 5.74) is 5.30. The van der Waals surface area contributed by atoms with Crippen molar-refractivity contribution in [2.75, 3.05) is 13.2 Å². The number of phosphoric ester groups is 2. The van der Waals surface area contributed by atoms with Crippen molar-refractivity contribution >= 4 is 21.6 Å². The molecule has 4 unspecified atom stereocenters. The number of pyridine rings is 1. The van der Waals surface area contributed by atoms with Crippen LogP contribution in [0, 0.1) is 0 Å². The summed E-state index contributed by atoms with van der Waals surface area (Å²) in [6, 6.07) is 2.85. The third-order valence-corrected chi connectivity index (χ3v) is 7.95. The molecule has 1 aromatic rings. The monoisotopic (exact) mass is 545 g/mol. The average molecular weight is 545 g/mol. The van der Waals surface area contributed by atoms with Crippen LogP contribution in [0.1, 0.15) is 23.5 Å². The number of ether oxygens (including phenoxy) is 2. The summed E-state index contributed by atoms with van der Waals surface area (Å²) in [6.07, 6.45) is -7.75. The van der Waals surface area contributed by atoms with Crippen LogP contribution < -0.4 is 10.3 Å². The minimum absolute atomic E-state index is 0.0870. The van der Waals surface area contributed by atoms with Crippen molar-refractivity contribution in [3.05, 3.63) is 30.1 Å². The lowest BCUT2D eigenvalue weighted by Crippen LogP contribution is -2.46. The molecule has 0 saturated carbocycles. The Morgan fingerprint density at radius 1 is 1.00 bits per heavy atom. The largest absolute Gasteiger partial charge is 0.481 e. The average Bonchev–Trinajstić information content (AvgIpc) is 3.20. The Hall–Kier alpha value is -1.36. The fourth-order valence-corrected chi connectivity index (χ4v) is 5.59. The second kappa shape index (κ2) is 10.9. The molecule has 0 spiro atoms. The number of phosphoric acid groups is 2. The van der Waals surface area contributed by atoms with Crippen LogP contribution in [0.3, 0.4) is 0 Å². The van der Waals surface area contributed by atoms with Gasteiger partial charge in [0.15, 0.2) is 18.5 Å². The molecule has 8 N–H and O–H groups in total. The van der Waals surface area contributed by atoms with Crippen molar-refractivity contribution in [1.82, 2.24) is 0 Å². The molecule has 0 aromatic carbocycles. The van der Waals surface area contributed by atoms with Gasteiger partial charge in [-0.3, -0.25) is 13.8 Å². The first kappa shape index (κ1) is 28.2. The highest BCUT2D eigenvalue weighted by atomic mass is 31.3. The van der Waals surface area contributed by atoms with Crippen molar-refractivity contribution in [1.29, 1.82) is 0 Å². The van der Waals surface area contributed by atoms with Crippen molar-refractivity contribution in [2.45, 2.75) is 55.9 Å². The van der Waals surface area contributed by atoms with Gasteiger partial charge >= 0.3 is 15.6 Å². The minimum atomic E-state index is -5.26. The first-order valence-corrected chi connectivity index (χ1v) is 13.2. The zero-order valence-corrected chi connectivity index (χ0v) is 20.0. The molecule has 3 rings (SSSR count). The van der Waals surface area contributed by atoms with E-state index in [-0.39, 0.29) is 5.56 Å². The number of amides is 1. The van der Waals surface area contributed by atoms with E-state index in [1.807, 2.05) is 0 Å². The van der Waals surface area contributed by atoms with E-state index in [4.69, 9.17) is 15.2 Å². The van der Waals surface area contributed by atoms with Crippen molar-refractivity contribution in [2.24, 2.45) is 5.73 Å². The van der Waals surface area contributed by atoms with Crippen LogP contribution in [-0.2, 0) is 32.0 Å². The highest BCUT2D eigenvalue weighted by Gasteiger charge is 2.50. The third-order valence-electron chi connectivity index (χ3n) is 5.35. The van der Waals surface area contributed by atoms with E-state index in [9.17, 15) is 44.1 Å². The third kappa shape index (κ3) is 6.90. The molecule has 16 nitrogen and oxygen atoms in total. The standard InChI is InChI=1S/C17H26N2O14P2/c1-8-12(20)13(21)10(31-8)6-29-34(25,26)33-35(27,28)30-7-11-14(22)15(23)17(32-11)19-4-2-3-9(5-19)16(18)24/h2-5,8,10-15,17,20-23H,6-7H2,1H3,(H3-,18,24,25,26,27,28)/p+1/t8-,10+,11-,12?,13-,14?,15+,17-/m1/s1. The molecule has 0 aliphatic carbocycles. The lowest BCUT2D eigenvalue weighted by Gasteiger charge is -2.20. The fourth-order valence-electron chi connectivity index (χ4n) is 3.49. The normalized spacial score (nSPS) is 36.5. The van der Waals surface area contributed by atoms with Gasteiger partial charge in [-0.2, -0.15) is 8.88 Å². The Morgan fingerprint density at radius 2 is 1.54 bits per heavy atom. The smallest absolute Gasteiger partial charge is 0.388 e. The lowest BCUT2D eigenvalue weighted by atomic mass is 10.1. The number of nitrogens with two attached hydrogens (primary N) is 1. The van der Waals surface area contributed by atoms with Gasteiger partial charge < -0.3 is 45.4 Å². The van der Waals surface area contributed by atoms with Crippen LogP contribution in [0.5, 0.6) is 0 Å². The zero-order valence-electron chi connectivity index (χ0n) is 18.2. The van der Waals surface area contributed by atoms with Crippen LogP contribution in [0.4, 0.5) is 0 Å². The Morgan fingerprint density at radius 3 is 2.06 bits per heavy atom. The topological polar surface area (TPSA) is 249 Å². The Labute approximate surface area is 198 Å². The van der Waals surface area contributed by atoms with E-state index in [0.717, 1.165) is 0 Å². The number of rotatable bonds is 10. The van der Waals surface area contributed by atoms with Gasteiger partial charge in [0.25, 0.3) is 12.1 Å². The molecule has 2 saturated heterocycles. The summed E-state index contributed by atoms with van der Waals surface area (Å²) in [4.78, 5) is 30.9. The molecule has 1 amide bonds. The van der Waals surface area contributed by atoms with Crippen molar-refractivity contribution in [3.8, 4) is 0 Å². The summed E-state index contributed by atoms with van der Waals surface area (Å²) in [7, 11) is -10.5. The number of hydrogen-bond acceptors (Lipinski definition) is 12. The zero-order chi connectivity index (χ0) is 26.1. The number of aliphatic hydroxyl groups is 4. The van der Waals surface area contributed by atoms with Gasteiger partial charge in [0.1, 0.15) is 36.1 Å². The summed E-state index contributed by atoms with van der Waals surface area (Å²) >= 11 is 0. The number of nitrogens with zero attached hydrogens (tertiary/aromatic N) is 1. The molecule has 10 atom stereocenters. The molecule has 0 bridgehead atoms. The highest BCUT2D eigenvalue weighted by molar-refractivity contribution is 7.61. The van der Waals surface area contributed by atoms with Gasteiger partial charge in [0.2, 0.25) is 0 Å². The Bertz CT molecular complexity index is 1010. The van der Waals surface area contributed by atoms with E-state index in [1.165, 1.54) is 36.0 Å². The van der Waals surface area contributed by atoms with Gasteiger partial charge in [0.05, 0.1) is 19.3 Å². The quantitative estimate of drug-likeness (QED) is 0.118. The molecule has 3 heterocycles. The van der Waals surface area contributed by atoms with Gasteiger partial charge in [0, 0.05) is 6.07 Å². The van der Waals surface area contributed by atoms with Crippen LogP contribution in [-0.4, -0.2) is 92.1 Å². The molecule has 1 aromatic heterocycles. The van der Waals surface area contributed by atoms with Crippen molar-refractivity contribution in [3.63, 3.8) is 0 Å². The van der Waals surface area contributed by atoms with Gasteiger partial charge in [-0.25, -0.2) is 9.13 Å². The van der Waals surface area contributed by atoms with Crippen LogP contribution in [0.15, 0.2) is 24.5 Å². The fraction of sp³-hybridized carbons (Fsp3) is 0.647. The molecular formula is C17H27N2O14P2+. The second-order valence-corrected chi connectivity index (χ2v) is 11.0. The maximum Gasteiger partial charge on any atom is 0.481 e. The predicted octanol–water partition coefficient (Wildman–Crippen LogP) is -2.55. The summed E-state index contributed by atoms with van der Waals surface area (Å²) in [5.74, 6) is -0.749. The predicted molar refractivity (Wildman–Crippen MR) is 110 cm³/mol. The lowest BCUT2D eigenvalue weighted by molar-refractivity contribution is -0.765. The molecule has 2 aliphatic rings. The van der Waals surface area contributed by atoms with Crippen molar-refractivity contribution < 1.29 is 71.5 Å². The van der Waals surface area contributed by atoms with E-state index < -0.39 is 83.7 Å². The Kier molecular flexibility index (Phi) is 8.82. The highest BCUT2D eigenvalue weighted by Crippen LogP contribution is 2.60. The van der Waals surface area contributed by atoms with Crippen LogP contribution >= 0.6 is 15.6 Å². The maximum absolute atomic E-state index is 12.1. The van der Waals surface area contributed by atoms with E-state index >= 15 is 0 Å². The van der Waals surface area contributed by atoms with Gasteiger partial charge in [-0.05, 0) is 13.0 Å². The van der Waals surface area contributed by atoms with Crippen LogP contribution in [0.25, 0.3) is 0 Å². The second-order valence-electron chi connectivity index (χ2n) is 7.92. The first-order chi connectivity index (χ1) is 16.2. The summed E-state index contributed by atoms with van der Waals surface area (Å²) in [6.45, 7) is -0.157. The summed E-state index contributed by atoms with van der Waals surface area (Å²) in [5, 5.41) is 39.9. The van der Waals surface area contributed by atoms with Crippen LogP contribution in [0.2, 0.25) is 0 Å². The number of hydrogen-bond donors (Lipinski definition) is 7. The molecule has 2 fully saturated rings. The minimum Gasteiger partial charge on any atom is -0.388 e. The SMILES string of the molecule is C[C@H]1O[C@@H](COP(=O)(O)OP(=O)(O)OC[C@H]2O[C@@H]([n+]3cccc(C(N)=O)c3)[C@@H](O)C2O)[C@@H](O)C1O.